The number of unbranched alkanes of at least 4 members (excludes halogenated alkanes) is 2. The predicted molar refractivity (Wildman–Crippen MR) is 54.4 cm³/mol. The van der Waals surface area contributed by atoms with Gasteiger partial charge in [-0.2, -0.15) is 0 Å². The van der Waals surface area contributed by atoms with Gasteiger partial charge < -0.3 is 10.8 Å². The van der Waals surface area contributed by atoms with Crippen LogP contribution in [0.15, 0.2) is 0 Å². The molecule has 0 heterocycles. The van der Waals surface area contributed by atoms with Crippen LogP contribution in [-0.2, 0) is 14.4 Å². The molecule has 0 radical (unpaired) electrons. The summed E-state index contributed by atoms with van der Waals surface area (Å²) in [7, 11) is 0. The molecule has 1 atom stereocenters. The molecule has 0 aromatic carbocycles. The number of carboxylic acids is 1. The molecule has 0 amide bonds. The van der Waals surface area contributed by atoms with Gasteiger partial charge in [-0.05, 0) is 12.8 Å². The van der Waals surface area contributed by atoms with Crippen molar-refractivity contribution in [3.8, 4) is 0 Å². The molecule has 0 fully saturated rings. The fraction of sp³-hybridized carbons (Fsp3) is 0.700. The molecule has 86 valence electrons. The van der Waals surface area contributed by atoms with Crippen molar-refractivity contribution in [2.75, 3.05) is 0 Å². The molecule has 3 N–H and O–H groups in total. The summed E-state index contributed by atoms with van der Waals surface area (Å²) in [6.07, 6.45) is 2.66. The zero-order valence-corrected chi connectivity index (χ0v) is 8.86. The highest BCUT2D eigenvalue weighted by molar-refractivity contribution is 6.36. The average Bonchev–Trinajstić information content (AvgIpc) is 2.16. The van der Waals surface area contributed by atoms with Crippen LogP contribution in [0.1, 0.15) is 39.0 Å². The van der Waals surface area contributed by atoms with Gasteiger partial charge in [0.15, 0.2) is 11.6 Å². The molecule has 0 bridgehead atoms. The van der Waals surface area contributed by atoms with E-state index in [1.807, 2.05) is 0 Å². The van der Waals surface area contributed by atoms with Crippen molar-refractivity contribution in [3.05, 3.63) is 0 Å². The fourth-order valence-electron chi connectivity index (χ4n) is 1.13. The Bertz CT molecular complexity index is 250. The van der Waals surface area contributed by atoms with Crippen LogP contribution in [0.3, 0.4) is 0 Å². The summed E-state index contributed by atoms with van der Waals surface area (Å²) in [5, 5.41) is 8.48. The van der Waals surface area contributed by atoms with Crippen molar-refractivity contribution in [2.24, 2.45) is 5.73 Å². The molecular weight excluding hydrogens is 198 g/mol. The molecule has 0 aliphatic carbocycles. The van der Waals surface area contributed by atoms with Crippen molar-refractivity contribution in [3.63, 3.8) is 0 Å². The second-order valence-electron chi connectivity index (χ2n) is 3.52. The number of hydrogen-bond donors (Lipinski definition) is 2. The number of aliphatic carboxylic acids is 1. The lowest BCUT2D eigenvalue weighted by atomic mass is 10.1. The Morgan fingerprint density at radius 3 is 2.27 bits per heavy atom. The molecule has 15 heavy (non-hydrogen) atoms. The number of hydrogen-bond acceptors (Lipinski definition) is 4. The Labute approximate surface area is 88.6 Å². The molecule has 0 aliphatic heterocycles. The van der Waals surface area contributed by atoms with Crippen molar-refractivity contribution in [2.45, 2.75) is 45.1 Å². The zero-order chi connectivity index (χ0) is 11.8. The number of carbonyl (C=O) groups excluding carboxylic acids is 2. The van der Waals surface area contributed by atoms with E-state index in [-0.39, 0.29) is 12.2 Å². The van der Waals surface area contributed by atoms with Crippen LogP contribution in [0.4, 0.5) is 0 Å². The molecule has 0 aromatic rings. The van der Waals surface area contributed by atoms with Gasteiger partial charge >= 0.3 is 5.97 Å². The molecular formula is C10H17NO4. The average molecular weight is 215 g/mol. The number of rotatable bonds is 8. The number of Topliss-reactive ketones (excluding diaryl/α,β-unsaturated/α-hetero) is 2. The van der Waals surface area contributed by atoms with Gasteiger partial charge in [0.05, 0.1) is 0 Å². The van der Waals surface area contributed by atoms with E-state index in [9.17, 15) is 14.4 Å². The minimum Gasteiger partial charge on any atom is -0.480 e. The van der Waals surface area contributed by atoms with Crippen molar-refractivity contribution in [1.29, 1.82) is 0 Å². The molecule has 1 unspecified atom stereocenters. The van der Waals surface area contributed by atoms with E-state index >= 15 is 0 Å². The molecule has 0 saturated carbocycles. The number of nitrogens with two attached hydrogens (primary N) is 1. The van der Waals surface area contributed by atoms with Crippen LogP contribution >= 0.6 is 0 Å². The normalized spacial score (nSPS) is 12.1. The van der Waals surface area contributed by atoms with E-state index in [1.165, 1.54) is 6.92 Å². The lowest BCUT2D eigenvalue weighted by Crippen LogP contribution is -2.29. The highest BCUT2D eigenvalue weighted by Gasteiger charge is 2.11. The summed E-state index contributed by atoms with van der Waals surface area (Å²) < 4.78 is 0. The van der Waals surface area contributed by atoms with Gasteiger partial charge in [-0.25, -0.2) is 0 Å². The third kappa shape index (κ3) is 6.79. The Balaban J connectivity index is 3.44. The third-order valence-corrected chi connectivity index (χ3v) is 2.13. The molecule has 0 saturated heterocycles. The number of carboxylic acid groups (broad SMARTS) is 1. The Kier molecular flexibility index (Phi) is 6.53. The molecule has 5 nitrogen and oxygen atoms in total. The molecule has 5 heteroatoms. The Morgan fingerprint density at radius 1 is 1.20 bits per heavy atom. The van der Waals surface area contributed by atoms with Crippen LogP contribution in [0.5, 0.6) is 0 Å². The molecule has 0 spiro atoms. The lowest BCUT2D eigenvalue weighted by Gasteiger charge is -2.04. The summed E-state index contributed by atoms with van der Waals surface area (Å²) in [6, 6.07) is -0.825. The second-order valence-corrected chi connectivity index (χ2v) is 3.52. The van der Waals surface area contributed by atoms with Crippen LogP contribution in [0.2, 0.25) is 0 Å². The number of carbonyl (C=O) groups is 3. The summed E-state index contributed by atoms with van der Waals surface area (Å²) in [5.74, 6) is -1.79. The van der Waals surface area contributed by atoms with Crippen LogP contribution < -0.4 is 5.73 Å². The predicted octanol–water partition coefficient (Wildman–Crippen LogP) is 0.507. The zero-order valence-electron chi connectivity index (χ0n) is 8.86. The maximum Gasteiger partial charge on any atom is 0.320 e. The summed E-state index contributed by atoms with van der Waals surface area (Å²) in [4.78, 5) is 31.8. The van der Waals surface area contributed by atoms with Crippen LogP contribution in [-0.4, -0.2) is 28.7 Å². The highest BCUT2D eigenvalue weighted by atomic mass is 16.4. The van der Waals surface area contributed by atoms with Crippen molar-refractivity contribution < 1.29 is 19.5 Å². The first kappa shape index (κ1) is 13.8. The number of ketones is 2. The summed E-state index contributed by atoms with van der Waals surface area (Å²) in [6.45, 7) is 1.25. The Hall–Kier alpha value is -1.23. The van der Waals surface area contributed by atoms with E-state index in [4.69, 9.17) is 10.8 Å². The van der Waals surface area contributed by atoms with E-state index in [0.717, 1.165) is 6.42 Å². The monoisotopic (exact) mass is 215 g/mol. The SMILES string of the molecule is CC(=O)C(=O)CCCCCC(N)C(=O)O. The minimum absolute atomic E-state index is 0.248. The van der Waals surface area contributed by atoms with Crippen molar-refractivity contribution in [1.82, 2.24) is 0 Å². The van der Waals surface area contributed by atoms with Crippen LogP contribution in [0, 0.1) is 0 Å². The van der Waals surface area contributed by atoms with E-state index < -0.39 is 17.8 Å². The first-order chi connectivity index (χ1) is 6.95. The molecule has 0 aromatic heterocycles. The van der Waals surface area contributed by atoms with Gasteiger partial charge in [-0.3, -0.25) is 14.4 Å². The lowest BCUT2D eigenvalue weighted by molar-refractivity contribution is -0.138. The van der Waals surface area contributed by atoms with E-state index in [2.05, 4.69) is 0 Å². The maximum atomic E-state index is 10.9. The first-order valence-corrected chi connectivity index (χ1v) is 4.97. The van der Waals surface area contributed by atoms with Gasteiger partial charge in [0.1, 0.15) is 6.04 Å². The Morgan fingerprint density at radius 2 is 1.80 bits per heavy atom. The first-order valence-electron chi connectivity index (χ1n) is 4.97. The minimum atomic E-state index is -1.00. The molecule has 0 aliphatic rings. The quantitative estimate of drug-likeness (QED) is 0.454. The van der Waals surface area contributed by atoms with Gasteiger partial charge in [-0.1, -0.05) is 12.8 Å². The van der Waals surface area contributed by atoms with E-state index in [0.29, 0.717) is 19.3 Å². The second kappa shape index (κ2) is 7.11. The smallest absolute Gasteiger partial charge is 0.320 e. The third-order valence-electron chi connectivity index (χ3n) is 2.13. The fourth-order valence-corrected chi connectivity index (χ4v) is 1.13. The van der Waals surface area contributed by atoms with Crippen LogP contribution in [0.25, 0.3) is 0 Å². The van der Waals surface area contributed by atoms with Gasteiger partial charge in [-0.15, -0.1) is 0 Å². The summed E-state index contributed by atoms with van der Waals surface area (Å²) in [5.41, 5.74) is 5.29. The standard InChI is InChI=1S/C10H17NO4/c1-7(12)9(13)6-4-2-3-5-8(11)10(14)15/h8H,2-6,11H2,1H3,(H,14,15). The van der Waals surface area contributed by atoms with Crippen molar-refractivity contribution >= 4 is 17.5 Å². The molecule has 0 rings (SSSR count). The van der Waals surface area contributed by atoms with Gasteiger partial charge in [0.25, 0.3) is 0 Å². The van der Waals surface area contributed by atoms with Gasteiger partial charge in [0, 0.05) is 13.3 Å². The van der Waals surface area contributed by atoms with Gasteiger partial charge in [0.2, 0.25) is 0 Å². The topological polar surface area (TPSA) is 97.5 Å². The summed E-state index contributed by atoms with van der Waals surface area (Å²) >= 11 is 0. The maximum absolute atomic E-state index is 10.9. The van der Waals surface area contributed by atoms with E-state index in [1.54, 1.807) is 0 Å². The highest BCUT2D eigenvalue weighted by Crippen LogP contribution is 2.05. The largest absolute Gasteiger partial charge is 0.480 e.